The fourth-order valence-corrected chi connectivity index (χ4v) is 3.44. The summed E-state index contributed by atoms with van der Waals surface area (Å²) < 4.78 is 5.29. The van der Waals surface area contributed by atoms with E-state index in [2.05, 4.69) is 10.6 Å². The number of benzene rings is 1. The van der Waals surface area contributed by atoms with Gasteiger partial charge in [-0.3, -0.25) is 24.1 Å². The molecule has 0 fully saturated rings. The number of nitrogens with zero attached hydrogens (tertiary/aromatic N) is 1. The maximum atomic E-state index is 13.9. The lowest BCUT2D eigenvalue weighted by atomic mass is 9.95. The van der Waals surface area contributed by atoms with Crippen LogP contribution in [0, 0.1) is 5.92 Å². The molecule has 0 saturated carbocycles. The third kappa shape index (κ3) is 10.2. The molecule has 1 rings (SSSR count). The standard InChI is InChI=1S/C26H39N3O8/c1-7-16(2)21(28-25(36)37-26(4,5)6)23(33)29(20(31)13-14-30)19(15-18-11-9-8-10-12-18)22(32)27-17(3)24(34)35/h8-12,16-17,19,21,30H,7,13-15H2,1-6H3,(H,27,32)(H,28,36)(H,34,35)/t16-,17-,19-,21+/m0/s1. The minimum absolute atomic E-state index is 0.110. The number of amides is 4. The van der Waals surface area contributed by atoms with Crippen molar-refractivity contribution >= 4 is 29.8 Å². The molecule has 0 aliphatic rings. The molecular weight excluding hydrogens is 482 g/mol. The monoisotopic (exact) mass is 521 g/mol. The van der Waals surface area contributed by atoms with E-state index in [0.717, 1.165) is 4.90 Å². The van der Waals surface area contributed by atoms with E-state index in [-0.39, 0.29) is 6.42 Å². The summed E-state index contributed by atoms with van der Waals surface area (Å²) in [6.07, 6.45) is -0.996. The summed E-state index contributed by atoms with van der Waals surface area (Å²) in [4.78, 5) is 65.0. The lowest BCUT2D eigenvalue weighted by Gasteiger charge is -2.35. The molecule has 0 saturated heterocycles. The molecule has 11 nitrogen and oxygen atoms in total. The quantitative estimate of drug-likeness (QED) is 0.324. The topological polar surface area (TPSA) is 162 Å². The van der Waals surface area contributed by atoms with Crippen LogP contribution < -0.4 is 10.6 Å². The molecule has 0 aromatic heterocycles. The number of rotatable bonds is 12. The first-order valence-electron chi connectivity index (χ1n) is 12.2. The summed E-state index contributed by atoms with van der Waals surface area (Å²) in [5.74, 6) is -4.32. The Labute approximate surface area is 217 Å². The largest absolute Gasteiger partial charge is 0.480 e. The number of carbonyl (C=O) groups excluding carboxylic acids is 4. The van der Waals surface area contributed by atoms with Gasteiger partial charge in [0.2, 0.25) is 11.8 Å². The van der Waals surface area contributed by atoms with Crippen LogP contribution in [0.1, 0.15) is 59.9 Å². The average molecular weight is 522 g/mol. The van der Waals surface area contributed by atoms with Crippen molar-refractivity contribution in [2.24, 2.45) is 5.92 Å². The van der Waals surface area contributed by atoms with Gasteiger partial charge in [0.15, 0.2) is 0 Å². The van der Waals surface area contributed by atoms with Crippen LogP contribution in [-0.2, 0) is 30.3 Å². The van der Waals surface area contributed by atoms with Crippen LogP contribution in [0.4, 0.5) is 4.79 Å². The second-order valence-corrected chi connectivity index (χ2v) is 9.86. The molecule has 0 radical (unpaired) electrons. The molecule has 0 aliphatic heterocycles. The first kappa shape index (κ1) is 31.6. The molecule has 4 N–H and O–H groups in total. The summed E-state index contributed by atoms with van der Waals surface area (Å²) in [5, 5.41) is 23.6. The number of carboxylic acid groups (broad SMARTS) is 1. The highest BCUT2D eigenvalue weighted by molar-refractivity contribution is 6.03. The van der Waals surface area contributed by atoms with Gasteiger partial charge in [0.05, 0.1) is 13.0 Å². The highest BCUT2D eigenvalue weighted by Gasteiger charge is 2.41. The zero-order valence-corrected chi connectivity index (χ0v) is 22.3. The van der Waals surface area contributed by atoms with Crippen molar-refractivity contribution in [3.63, 3.8) is 0 Å². The van der Waals surface area contributed by atoms with Gasteiger partial charge in [-0.1, -0.05) is 50.6 Å². The summed E-state index contributed by atoms with van der Waals surface area (Å²) in [7, 11) is 0. The molecule has 0 unspecified atom stereocenters. The molecule has 0 heterocycles. The van der Waals surface area contributed by atoms with E-state index in [1.54, 1.807) is 65.0 Å². The minimum atomic E-state index is -1.44. The van der Waals surface area contributed by atoms with Gasteiger partial charge >= 0.3 is 12.1 Å². The lowest BCUT2D eigenvalue weighted by molar-refractivity contribution is -0.154. The van der Waals surface area contributed by atoms with Crippen LogP contribution >= 0.6 is 0 Å². The van der Waals surface area contributed by atoms with E-state index in [0.29, 0.717) is 12.0 Å². The van der Waals surface area contributed by atoms with E-state index in [4.69, 9.17) is 4.74 Å². The fourth-order valence-electron chi connectivity index (χ4n) is 3.44. The first-order chi connectivity index (χ1) is 17.2. The first-order valence-corrected chi connectivity index (χ1v) is 12.2. The SMILES string of the molecule is CC[C@H](C)[C@@H](NC(=O)OC(C)(C)C)C(=O)N(C(=O)CCO)[C@@H](Cc1ccccc1)C(=O)N[C@@H](C)C(=O)O. The second kappa shape index (κ2) is 14.3. The Kier molecular flexibility index (Phi) is 12.2. The third-order valence-corrected chi connectivity index (χ3v) is 5.60. The lowest BCUT2D eigenvalue weighted by Crippen LogP contribution is -2.61. The highest BCUT2D eigenvalue weighted by Crippen LogP contribution is 2.19. The van der Waals surface area contributed by atoms with E-state index < -0.39 is 72.5 Å². The molecule has 0 aliphatic carbocycles. The molecule has 4 atom stereocenters. The van der Waals surface area contributed by atoms with Crippen LogP contribution in [0.3, 0.4) is 0 Å². The fraction of sp³-hybridized carbons (Fsp3) is 0.577. The number of nitrogens with one attached hydrogen (secondary N) is 2. The van der Waals surface area contributed by atoms with Crippen molar-refractivity contribution in [1.82, 2.24) is 15.5 Å². The minimum Gasteiger partial charge on any atom is -0.480 e. The van der Waals surface area contributed by atoms with Crippen LogP contribution in [0.25, 0.3) is 0 Å². The number of carbonyl (C=O) groups is 5. The molecule has 11 heteroatoms. The van der Waals surface area contributed by atoms with Crippen molar-refractivity contribution < 1.29 is 38.9 Å². The van der Waals surface area contributed by atoms with Crippen molar-refractivity contribution in [3.8, 4) is 0 Å². The van der Waals surface area contributed by atoms with Crippen LogP contribution in [0.5, 0.6) is 0 Å². The number of alkyl carbamates (subject to hydrolysis) is 1. The van der Waals surface area contributed by atoms with Gasteiger partial charge in [-0.05, 0) is 39.2 Å². The van der Waals surface area contributed by atoms with Crippen LogP contribution in [0.15, 0.2) is 30.3 Å². The van der Waals surface area contributed by atoms with E-state index in [9.17, 15) is 34.2 Å². The zero-order valence-electron chi connectivity index (χ0n) is 22.3. The van der Waals surface area contributed by atoms with Crippen molar-refractivity contribution in [3.05, 3.63) is 35.9 Å². The molecule has 206 valence electrons. The maximum Gasteiger partial charge on any atom is 0.408 e. The Bertz CT molecular complexity index is 945. The molecule has 4 amide bonds. The second-order valence-electron chi connectivity index (χ2n) is 9.86. The van der Waals surface area contributed by atoms with Crippen molar-refractivity contribution in [1.29, 1.82) is 0 Å². The van der Waals surface area contributed by atoms with Gasteiger partial charge in [0, 0.05) is 6.42 Å². The molecule has 0 spiro atoms. The van der Waals surface area contributed by atoms with Gasteiger partial charge in [-0.25, -0.2) is 4.79 Å². The molecule has 1 aromatic rings. The van der Waals surface area contributed by atoms with Crippen LogP contribution in [0.2, 0.25) is 0 Å². The Morgan fingerprint density at radius 1 is 1.03 bits per heavy atom. The van der Waals surface area contributed by atoms with Gasteiger partial charge in [0.1, 0.15) is 23.7 Å². The molecule has 37 heavy (non-hydrogen) atoms. The number of aliphatic hydroxyl groups excluding tert-OH is 1. The maximum absolute atomic E-state index is 13.9. The van der Waals surface area contributed by atoms with Gasteiger partial charge in [-0.2, -0.15) is 0 Å². The smallest absolute Gasteiger partial charge is 0.408 e. The highest BCUT2D eigenvalue weighted by atomic mass is 16.6. The van der Waals surface area contributed by atoms with Gasteiger partial charge in [-0.15, -0.1) is 0 Å². The molecular formula is C26H39N3O8. The van der Waals surface area contributed by atoms with E-state index in [1.807, 2.05) is 0 Å². The Hall–Kier alpha value is -3.47. The number of carboxylic acids is 1. The summed E-state index contributed by atoms with van der Waals surface area (Å²) >= 11 is 0. The number of imide groups is 1. The van der Waals surface area contributed by atoms with E-state index >= 15 is 0 Å². The van der Waals surface area contributed by atoms with Gasteiger partial charge in [0.25, 0.3) is 5.91 Å². The number of aliphatic hydroxyl groups is 1. The Balaban J connectivity index is 3.54. The summed E-state index contributed by atoms with van der Waals surface area (Å²) in [6.45, 7) is 9.15. The predicted octanol–water partition coefficient (Wildman–Crippen LogP) is 1.86. The molecule has 0 bridgehead atoms. The molecule has 1 aromatic carbocycles. The van der Waals surface area contributed by atoms with Gasteiger partial charge < -0.3 is 25.6 Å². The zero-order chi connectivity index (χ0) is 28.3. The van der Waals surface area contributed by atoms with Crippen molar-refractivity contribution in [2.45, 2.75) is 84.5 Å². The number of aliphatic carboxylic acids is 1. The summed E-state index contributed by atoms with van der Waals surface area (Å²) in [6, 6.07) is 4.63. The van der Waals surface area contributed by atoms with E-state index in [1.165, 1.54) is 6.92 Å². The van der Waals surface area contributed by atoms with Crippen molar-refractivity contribution in [2.75, 3.05) is 6.61 Å². The Morgan fingerprint density at radius 3 is 2.11 bits per heavy atom. The van der Waals surface area contributed by atoms with Crippen LogP contribution in [-0.4, -0.2) is 75.2 Å². The third-order valence-electron chi connectivity index (χ3n) is 5.60. The number of hydrogen-bond donors (Lipinski definition) is 4. The normalized spacial score (nSPS) is 14.5. The number of hydrogen-bond acceptors (Lipinski definition) is 7. The average Bonchev–Trinajstić information content (AvgIpc) is 2.81. The Morgan fingerprint density at radius 2 is 1.62 bits per heavy atom. The predicted molar refractivity (Wildman–Crippen MR) is 135 cm³/mol. The number of ether oxygens (including phenoxy) is 1. The summed E-state index contributed by atoms with van der Waals surface area (Å²) in [5.41, 5.74) is -0.234.